The van der Waals surface area contributed by atoms with E-state index in [0.29, 0.717) is 0 Å². The fourth-order valence-corrected chi connectivity index (χ4v) is 3.25. The van der Waals surface area contributed by atoms with Gasteiger partial charge in [0.05, 0.1) is 0 Å². The summed E-state index contributed by atoms with van der Waals surface area (Å²) in [5.41, 5.74) is 6.13. The fraction of sp³-hybridized carbons (Fsp3) is 1.00. The molecule has 0 spiro atoms. The van der Waals surface area contributed by atoms with Gasteiger partial charge in [-0.05, 0) is 45.3 Å². The molecule has 2 unspecified atom stereocenters. The second kappa shape index (κ2) is 7.43. The normalized spacial score (nSPS) is 28.7. The molecule has 2 fully saturated rings. The molecule has 2 aliphatic heterocycles. The van der Waals surface area contributed by atoms with E-state index >= 15 is 0 Å². The standard InChI is InChI=1S/C14H29N3O/c1-18-10-6-13(15)11-16-9-5-14(12-16)17-7-3-2-4-8-17/h13-14H,2-12,15H2,1H3. The fourth-order valence-electron chi connectivity index (χ4n) is 3.25. The van der Waals surface area contributed by atoms with Gasteiger partial charge in [0.25, 0.3) is 0 Å². The summed E-state index contributed by atoms with van der Waals surface area (Å²) in [6.07, 6.45) is 6.51. The first-order valence-corrected chi connectivity index (χ1v) is 7.50. The Bertz CT molecular complexity index is 231. The summed E-state index contributed by atoms with van der Waals surface area (Å²) in [7, 11) is 1.75. The number of likely N-dealkylation sites (tertiary alicyclic amines) is 2. The van der Waals surface area contributed by atoms with Gasteiger partial charge in [0.1, 0.15) is 0 Å². The molecule has 2 atom stereocenters. The molecule has 4 nitrogen and oxygen atoms in total. The predicted molar refractivity (Wildman–Crippen MR) is 74.7 cm³/mol. The Labute approximate surface area is 111 Å². The lowest BCUT2D eigenvalue weighted by molar-refractivity contribution is 0.156. The lowest BCUT2D eigenvalue weighted by Gasteiger charge is -2.32. The van der Waals surface area contributed by atoms with Gasteiger partial charge >= 0.3 is 0 Å². The van der Waals surface area contributed by atoms with Crippen molar-refractivity contribution in [1.29, 1.82) is 0 Å². The second-order valence-electron chi connectivity index (χ2n) is 5.84. The molecule has 0 aromatic rings. The number of nitrogens with zero attached hydrogens (tertiary/aromatic N) is 2. The van der Waals surface area contributed by atoms with E-state index in [1.807, 2.05) is 0 Å². The van der Waals surface area contributed by atoms with Crippen molar-refractivity contribution in [3.8, 4) is 0 Å². The molecule has 2 saturated heterocycles. The van der Waals surface area contributed by atoms with Gasteiger partial charge in [-0.2, -0.15) is 0 Å². The van der Waals surface area contributed by atoms with E-state index in [4.69, 9.17) is 10.5 Å². The Morgan fingerprint density at radius 2 is 2.00 bits per heavy atom. The summed E-state index contributed by atoms with van der Waals surface area (Å²) in [5.74, 6) is 0. The Balaban J connectivity index is 1.67. The molecule has 0 radical (unpaired) electrons. The minimum atomic E-state index is 0.269. The van der Waals surface area contributed by atoms with E-state index in [1.165, 1.54) is 51.9 Å². The summed E-state index contributed by atoms with van der Waals surface area (Å²) in [5, 5.41) is 0. The average Bonchev–Trinajstić information content (AvgIpc) is 2.86. The molecule has 0 saturated carbocycles. The molecule has 2 N–H and O–H groups in total. The Kier molecular flexibility index (Phi) is 5.89. The lowest BCUT2D eigenvalue weighted by Crippen LogP contribution is -2.42. The average molecular weight is 255 g/mol. The van der Waals surface area contributed by atoms with Crippen LogP contribution in [0.1, 0.15) is 32.1 Å². The van der Waals surface area contributed by atoms with Crippen molar-refractivity contribution in [1.82, 2.24) is 9.80 Å². The number of piperidine rings is 1. The zero-order chi connectivity index (χ0) is 12.8. The van der Waals surface area contributed by atoms with Gasteiger partial charge in [0.2, 0.25) is 0 Å². The molecule has 0 bridgehead atoms. The van der Waals surface area contributed by atoms with Crippen molar-refractivity contribution in [2.24, 2.45) is 5.73 Å². The third-order valence-electron chi connectivity index (χ3n) is 4.34. The number of hydrogen-bond donors (Lipinski definition) is 1. The Morgan fingerprint density at radius 3 is 2.72 bits per heavy atom. The van der Waals surface area contributed by atoms with Crippen LogP contribution in [-0.2, 0) is 4.74 Å². The molecular formula is C14H29N3O. The van der Waals surface area contributed by atoms with Crippen molar-refractivity contribution in [3.05, 3.63) is 0 Å². The van der Waals surface area contributed by atoms with Crippen molar-refractivity contribution < 1.29 is 4.74 Å². The van der Waals surface area contributed by atoms with E-state index in [0.717, 1.165) is 25.6 Å². The monoisotopic (exact) mass is 255 g/mol. The van der Waals surface area contributed by atoms with Gasteiger partial charge in [-0.15, -0.1) is 0 Å². The number of rotatable bonds is 6. The number of nitrogens with two attached hydrogens (primary N) is 1. The minimum Gasteiger partial charge on any atom is -0.385 e. The van der Waals surface area contributed by atoms with Crippen LogP contribution in [0.5, 0.6) is 0 Å². The van der Waals surface area contributed by atoms with Crippen molar-refractivity contribution in [3.63, 3.8) is 0 Å². The first-order valence-electron chi connectivity index (χ1n) is 7.50. The van der Waals surface area contributed by atoms with Gasteiger partial charge in [0.15, 0.2) is 0 Å². The van der Waals surface area contributed by atoms with Gasteiger partial charge in [-0.3, -0.25) is 4.90 Å². The first kappa shape index (κ1) is 14.3. The van der Waals surface area contributed by atoms with Crippen LogP contribution in [0.2, 0.25) is 0 Å². The van der Waals surface area contributed by atoms with Crippen molar-refractivity contribution in [2.45, 2.75) is 44.2 Å². The lowest BCUT2D eigenvalue weighted by atomic mass is 10.1. The maximum absolute atomic E-state index is 6.13. The Morgan fingerprint density at radius 1 is 1.22 bits per heavy atom. The molecule has 2 heterocycles. The van der Waals surface area contributed by atoms with Gasteiger partial charge in [0, 0.05) is 38.9 Å². The van der Waals surface area contributed by atoms with E-state index < -0.39 is 0 Å². The summed E-state index contributed by atoms with van der Waals surface area (Å²) in [6.45, 7) is 6.89. The number of methoxy groups -OCH3 is 1. The molecule has 0 aromatic carbocycles. The molecule has 2 aliphatic rings. The summed E-state index contributed by atoms with van der Waals surface area (Å²) < 4.78 is 5.09. The first-order chi connectivity index (χ1) is 8.79. The molecule has 4 heteroatoms. The third-order valence-corrected chi connectivity index (χ3v) is 4.34. The summed E-state index contributed by atoms with van der Waals surface area (Å²) >= 11 is 0. The van der Waals surface area contributed by atoms with Gasteiger partial charge < -0.3 is 15.4 Å². The second-order valence-corrected chi connectivity index (χ2v) is 5.84. The molecule has 0 aliphatic carbocycles. The molecule has 0 aromatic heterocycles. The highest BCUT2D eigenvalue weighted by molar-refractivity contribution is 4.86. The van der Waals surface area contributed by atoms with E-state index in [2.05, 4.69) is 9.80 Å². The molecule has 2 rings (SSSR count). The van der Waals surface area contributed by atoms with Gasteiger partial charge in [-0.1, -0.05) is 6.42 Å². The van der Waals surface area contributed by atoms with E-state index in [-0.39, 0.29) is 6.04 Å². The highest BCUT2D eigenvalue weighted by Crippen LogP contribution is 2.20. The van der Waals surface area contributed by atoms with Crippen molar-refractivity contribution in [2.75, 3.05) is 46.4 Å². The molecule has 106 valence electrons. The predicted octanol–water partition coefficient (Wildman–Crippen LogP) is 0.910. The minimum absolute atomic E-state index is 0.269. The highest BCUT2D eigenvalue weighted by atomic mass is 16.5. The maximum atomic E-state index is 6.13. The third kappa shape index (κ3) is 4.19. The SMILES string of the molecule is COCCC(N)CN1CCC(N2CCCCC2)C1. The molecular weight excluding hydrogens is 226 g/mol. The smallest absolute Gasteiger partial charge is 0.0477 e. The van der Waals surface area contributed by atoms with E-state index in [9.17, 15) is 0 Å². The van der Waals surface area contributed by atoms with Crippen LogP contribution in [-0.4, -0.2) is 68.3 Å². The summed E-state index contributed by atoms with van der Waals surface area (Å²) in [6, 6.07) is 1.06. The van der Waals surface area contributed by atoms with E-state index in [1.54, 1.807) is 7.11 Å². The maximum Gasteiger partial charge on any atom is 0.0477 e. The van der Waals surface area contributed by atoms with Crippen LogP contribution < -0.4 is 5.73 Å². The topological polar surface area (TPSA) is 41.7 Å². The van der Waals surface area contributed by atoms with Crippen LogP contribution >= 0.6 is 0 Å². The van der Waals surface area contributed by atoms with Crippen molar-refractivity contribution >= 4 is 0 Å². The highest BCUT2D eigenvalue weighted by Gasteiger charge is 2.28. The molecule has 0 amide bonds. The quantitative estimate of drug-likeness (QED) is 0.766. The Hall–Kier alpha value is -0.160. The zero-order valence-corrected chi connectivity index (χ0v) is 11.8. The number of hydrogen-bond acceptors (Lipinski definition) is 4. The molecule has 18 heavy (non-hydrogen) atoms. The van der Waals surface area contributed by atoms with Gasteiger partial charge in [-0.25, -0.2) is 0 Å². The largest absolute Gasteiger partial charge is 0.385 e. The van der Waals surface area contributed by atoms with Crippen LogP contribution in [0.15, 0.2) is 0 Å². The van der Waals surface area contributed by atoms with Crippen LogP contribution in [0.3, 0.4) is 0 Å². The van der Waals surface area contributed by atoms with Crippen LogP contribution in [0.4, 0.5) is 0 Å². The zero-order valence-electron chi connectivity index (χ0n) is 11.8. The van der Waals surface area contributed by atoms with Crippen LogP contribution in [0, 0.1) is 0 Å². The number of ether oxygens (including phenoxy) is 1. The summed E-state index contributed by atoms with van der Waals surface area (Å²) in [4.78, 5) is 5.24. The van der Waals surface area contributed by atoms with Crippen LogP contribution in [0.25, 0.3) is 0 Å².